The van der Waals surface area contributed by atoms with Gasteiger partial charge in [0.05, 0.1) is 10.1 Å². The second kappa shape index (κ2) is 7.64. The summed E-state index contributed by atoms with van der Waals surface area (Å²) in [6, 6.07) is 12.2. The summed E-state index contributed by atoms with van der Waals surface area (Å²) in [4.78, 5) is 0.948. The monoisotopic (exact) mass is 426 g/mol. The summed E-state index contributed by atoms with van der Waals surface area (Å²) >= 11 is 2.99. The van der Waals surface area contributed by atoms with Crippen LogP contribution in [0.25, 0.3) is 22.2 Å². The molecule has 1 atom stereocenters. The fraction of sp³-hybridized carbons (Fsp3) is 0.300. The van der Waals surface area contributed by atoms with E-state index in [9.17, 15) is 0 Å². The smallest absolute Gasteiger partial charge is 0.257 e. The Hall–Kier alpha value is -2.65. The molecule has 0 unspecified atom stereocenters. The summed E-state index contributed by atoms with van der Waals surface area (Å²) in [5.74, 6) is 7.94. The first-order chi connectivity index (χ1) is 13.8. The molecule has 2 N–H and O–H groups in total. The van der Waals surface area contributed by atoms with Crippen molar-refractivity contribution >= 4 is 23.1 Å². The van der Waals surface area contributed by atoms with E-state index in [1.165, 1.54) is 22.0 Å². The molecule has 0 saturated carbocycles. The highest BCUT2D eigenvalue weighted by Crippen LogP contribution is 2.35. The molecule has 0 aliphatic heterocycles. The number of nitrogen functional groups attached to an aromatic ring is 1. The number of thioether (sulfide) groups is 1. The minimum absolute atomic E-state index is 0.0946. The lowest BCUT2D eigenvalue weighted by Crippen LogP contribution is -2.13. The van der Waals surface area contributed by atoms with Gasteiger partial charge in [-0.3, -0.25) is 0 Å². The Balaban J connectivity index is 1.51. The largest absolute Gasteiger partial charge is 0.419 e. The fourth-order valence-corrected chi connectivity index (χ4v) is 4.23. The van der Waals surface area contributed by atoms with Crippen LogP contribution in [0, 0.1) is 0 Å². The first kappa shape index (κ1) is 19.7. The van der Waals surface area contributed by atoms with E-state index >= 15 is 0 Å². The molecular formula is C20H22N6OS2. The first-order valence-electron chi connectivity index (χ1n) is 9.18. The minimum Gasteiger partial charge on any atom is -0.419 e. The van der Waals surface area contributed by atoms with Gasteiger partial charge in [-0.1, -0.05) is 62.9 Å². The average molecular weight is 427 g/mol. The highest BCUT2D eigenvalue weighted by molar-refractivity contribution is 7.99. The SMILES string of the molecule is C[C@@H](Sc1nnc(-c2ccc(C(C)(C)C)cc2)n1N)c1nnc(-c2cccs2)o1. The topological polar surface area (TPSA) is 95.7 Å². The highest BCUT2D eigenvalue weighted by Gasteiger charge is 2.21. The van der Waals surface area contributed by atoms with E-state index in [1.54, 1.807) is 11.3 Å². The molecule has 3 aromatic heterocycles. The molecule has 0 fully saturated rings. The van der Waals surface area contributed by atoms with E-state index in [1.807, 2.05) is 36.6 Å². The predicted octanol–water partition coefficient (Wildman–Crippen LogP) is 4.92. The maximum atomic E-state index is 6.27. The summed E-state index contributed by atoms with van der Waals surface area (Å²) in [6.07, 6.45) is 0. The summed E-state index contributed by atoms with van der Waals surface area (Å²) in [7, 11) is 0. The van der Waals surface area contributed by atoms with Gasteiger partial charge >= 0.3 is 0 Å². The molecule has 9 heteroatoms. The van der Waals surface area contributed by atoms with Crippen molar-refractivity contribution in [1.82, 2.24) is 25.1 Å². The minimum atomic E-state index is -0.112. The van der Waals surface area contributed by atoms with Gasteiger partial charge < -0.3 is 10.3 Å². The van der Waals surface area contributed by atoms with Crippen LogP contribution in [-0.2, 0) is 5.41 Å². The molecule has 0 aliphatic carbocycles. The number of thiophene rings is 1. The summed E-state index contributed by atoms with van der Waals surface area (Å²) in [5.41, 5.74) is 2.27. The number of rotatable bonds is 5. The van der Waals surface area contributed by atoms with E-state index in [0.29, 0.717) is 22.8 Å². The van der Waals surface area contributed by atoms with Crippen molar-refractivity contribution in [3.05, 3.63) is 53.2 Å². The van der Waals surface area contributed by atoms with Gasteiger partial charge in [0.2, 0.25) is 11.0 Å². The van der Waals surface area contributed by atoms with Gasteiger partial charge in [0.1, 0.15) is 0 Å². The third-order valence-corrected chi connectivity index (χ3v) is 6.38. The maximum Gasteiger partial charge on any atom is 0.257 e. The number of benzene rings is 1. The van der Waals surface area contributed by atoms with Gasteiger partial charge in [0, 0.05) is 5.56 Å². The summed E-state index contributed by atoms with van der Waals surface area (Å²) in [5, 5.41) is 19.3. The van der Waals surface area contributed by atoms with Crippen LogP contribution < -0.4 is 5.84 Å². The molecular weight excluding hydrogens is 404 g/mol. The number of nitrogens with two attached hydrogens (primary N) is 1. The molecule has 0 spiro atoms. The van der Waals surface area contributed by atoms with Crippen LogP contribution in [-0.4, -0.2) is 25.1 Å². The second-order valence-corrected chi connectivity index (χ2v) is 9.94. The molecule has 4 rings (SSSR count). The van der Waals surface area contributed by atoms with Crippen LogP contribution in [0.4, 0.5) is 0 Å². The highest BCUT2D eigenvalue weighted by atomic mass is 32.2. The Kier molecular flexibility index (Phi) is 5.18. The third kappa shape index (κ3) is 4.06. The molecule has 29 heavy (non-hydrogen) atoms. The summed E-state index contributed by atoms with van der Waals surface area (Å²) < 4.78 is 7.31. The molecule has 0 saturated heterocycles. The first-order valence-corrected chi connectivity index (χ1v) is 10.9. The maximum absolute atomic E-state index is 6.27. The van der Waals surface area contributed by atoms with Gasteiger partial charge in [0.25, 0.3) is 5.89 Å². The van der Waals surface area contributed by atoms with Crippen LogP contribution in [0.3, 0.4) is 0 Å². The lowest BCUT2D eigenvalue weighted by molar-refractivity contribution is 0.510. The van der Waals surface area contributed by atoms with Crippen molar-refractivity contribution in [3.63, 3.8) is 0 Å². The molecule has 0 bridgehead atoms. The van der Waals surface area contributed by atoms with E-state index in [2.05, 4.69) is 53.3 Å². The van der Waals surface area contributed by atoms with E-state index < -0.39 is 0 Å². The van der Waals surface area contributed by atoms with E-state index in [4.69, 9.17) is 10.3 Å². The quantitative estimate of drug-likeness (QED) is 0.357. The van der Waals surface area contributed by atoms with E-state index in [-0.39, 0.29) is 10.7 Å². The van der Waals surface area contributed by atoms with Gasteiger partial charge in [-0.25, -0.2) is 4.68 Å². The molecule has 0 amide bonds. The zero-order valence-electron chi connectivity index (χ0n) is 16.7. The molecule has 7 nitrogen and oxygen atoms in total. The fourth-order valence-electron chi connectivity index (χ4n) is 2.78. The number of nitrogens with zero attached hydrogens (tertiary/aromatic N) is 5. The van der Waals surface area contributed by atoms with Crippen molar-refractivity contribution in [2.75, 3.05) is 5.84 Å². The zero-order valence-corrected chi connectivity index (χ0v) is 18.3. The van der Waals surface area contributed by atoms with Crippen molar-refractivity contribution < 1.29 is 4.42 Å². The molecule has 0 radical (unpaired) electrons. The van der Waals surface area contributed by atoms with Gasteiger partial charge in [0.15, 0.2) is 5.82 Å². The van der Waals surface area contributed by atoms with Crippen LogP contribution in [0.1, 0.15) is 44.4 Å². The van der Waals surface area contributed by atoms with Crippen molar-refractivity contribution in [2.45, 2.75) is 43.5 Å². The molecule has 0 aliphatic rings. The van der Waals surface area contributed by atoms with Gasteiger partial charge in [-0.15, -0.1) is 31.7 Å². The second-order valence-electron chi connectivity index (χ2n) is 7.69. The van der Waals surface area contributed by atoms with Crippen LogP contribution in [0.5, 0.6) is 0 Å². The Morgan fingerprint density at radius 2 is 1.83 bits per heavy atom. The number of aromatic nitrogens is 5. The molecule has 1 aromatic carbocycles. The van der Waals surface area contributed by atoms with E-state index in [0.717, 1.165) is 10.4 Å². The lowest BCUT2D eigenvalue weighted by Gasteiger charge is -2.19. The molecule has 3 heterocycles. The average Bonchev–Trinajstić information content (AvgIpc) is 3.42. The van der Waals surface area contributed by atoms with Crippen molar-refractivity contribution in [1.29, 1.82) is 0 Å². The number of hydrogen-bond donors (Lipinski definition) is 1. The Morgan fingerprint density at radius 1 is 1.07 bits per heavy atom. The normalized spacial score (nSPS) is 13.0. The van der Waals surface area contributed by atoms with Crippen LogP contribution in [0.15, 0.2) is 51.4 Å². The van der Waals surface area contributed by atoms with Crippen molar-refractivity contribution in [3.8, 4) is 22.2 Å². The predicted molar refractivity (Wildman–Crippen MR) is 116 cm³/mol. The third-order valence-electron chi connectivity index (χ3n) is 4.48. The lowest BCUT2D eigenvalue weighted by atomic mass is 9.87. The molecule has 150 valence electrons. The van der Waals surface area contributed by atoms with Gasteiger partial charge in [-0.05, 0) is 29.3 Å². The zero-order chi connectivity index (χ0) is 20.6. The van der Waals surface area contributed by atoms with Gasteiger partial charge in [-0.2, -0.15) is 0 Å². The van der Waals surface area contributed by atoms with Crippen LogP contribution in [0.2, 0.25) is 0 Å². The molecule has 4 aromatic rings. The van der Waals surface area contributed by atoms with Crippen LogP contribution >= 0.6 is 23.1 Å². The Morgan fingerprint density at radius 3 is 2.48 bits per heavy atom. The summed E-state index contributed by atoms with van der Waals surface area (Å²) in [6.45, 7) is 8.53. The Bertz CT molecular complexity index is 1090. The van der Waals surface area contributed by atoms with Crippen molar-refractivity contribution in [2.24, 2.45) is 0 Å². The standard InChI is InChI=1S/C20H22N6OS2/c1-12(17-23-24-18(27-17)15-6-5-11-28-15)29-19-25-22-16(26(19)21)13-7-9-14(10-8-13)20(2,3)4/h5-12H,21H2,1-4H3/t12-/m1/s1. The number of hydrogen-bond acceptors (Lipinski definition) is 8. The Labute approximate surface area is 177 Å².